The highest BCUT2D eigenvalue weighted by Crippen LogP contribution is 2.31. The standard InChI is InChI=1S/C15H19ClN2O2/c1-10(14-4-3-7-20-14)18-13-6-5-11(19-2)8-12(13)17-15(18)9-16/h5-6,8,10,14H,3-4,7,9H2,1-2H3. The van der Waals surface area contributed by atoms with Crippen LogP contribution in [-0.2, 0) is 10.6 Å². The Hall–Kier alpha value is -1.26. The topological polar surface area (TPSA) is 36.3 Å². The van der Waals surface area contributed by atoms with E-state index in [9.17, 15) is 0 Å². The van der Waals surface area contributed by atoms with Crippen molar-refractivity contribution in [1.29, 1.82) is 0 Å². The summed E-state index contributed by atoms with van der Waals surface area (Å²) >= 11 is 6.07. The molecule has 5 heteroatoms. The summed E-state index contributed by atoms with van der Waals surface area (Å²) in [5.74, 6) is 2.10. The van der Waals surface area contributed by atoms with Crippen molar-refractivity contribution in [2.24, 2.45) is 0 Å². The highest BCUT2D eigenvalue weighted by molar-refractivity contribution is 6.16. The molecule has 0 N–H and O–H groups in total. The maximum Gasteiger partial charge on any atom is 0.125 e. The Kier molecular flexibility index (Phi) is 3.85. The summed E-state index contributed by atoms with van der Waals surface area (Å²) in [5, 5.41) is 0. The maximum atomic E-state index is 6.07. The van der Waals surface area contributed by atoms with Gasteiger partial charge in [-0.2, -0.15) is 0 Å². The molecule has 2 unspecified atom stereocenters. The smallest absolute Gasteiger partial charge is 0.125 e. The second-order valence-electron chi connectivity index (χ2n) is 5.18. The highest BCUT2D eigenvalue weighted by Gasteiger charge is 2.26. The predicted octanol–water partition coefficient (Wildman–Crippen LogP) is 3.52. The molecule has 1 aromatic heterocycles. The van der Waals surface area contributed by atoms with E-state index in [0.717, 1.165) is 42.1 Å². The minimum Gasteiger partial charge on any atom is -0.497 e. The van der Waals surface area contributed by atoms with Crippen molar-refractivity contribution in [3.05, 3.63) is 24.0 Å². The summed E-state index contributed by atoms with van der Waals surface area (Å²) in [5.41, 5.74) is 2.01. The summed E-state index contributed by atoms with van der Waals surface area (Å²) in [6.45, 7) is 3.03. The Bertz CT molecular complexity index is 605. The van der Waals surface area contributed by atoms with Gasteiger partial charge in [0.25, 0.3) is 0 Å². The van der Waals surface area contributed by atoms with Gasteiger partial charge in [0.05, 0.1) is 36.2 Å². The van der Waals surface area contributed by atoms with Crippen LogP contribution in [0.1, 0.15) is 31.6 Å². The molecule has 3 rings (SSSR count). The van der Waals surface area contributed by atoms with E-state index >= 15 is 0 Å². The van der Waals surface area contributed by atoms with Crippen molar-refractivity contribution in [2.75, 3.05) is 13.7 Å². The summed E-state index contributed by atoms with van der Waals surface area (Å²) in [6.07, 6.45) is 2.47. The lowest BCUT2D eigenvalue weighted by molar-refractivity contribution is 0.0738. The Morgan fingerprint density at radius 3 is 3.05 bits per heavy atom. The van der Waals surface area contributed by atoms with E-state index in [1.165, 1.54) is 0 Å². The van der Waals surface area contributed by atoms with Gasteiger partial charge < -0.3 is 14.0 Å². The van der Waals surface area contributed by atoms with E-state index in [2.05, 4.69) is 16.5 Å². The van der Waals surface area contributed by atoms with Crippen LogP contribution in [0.25, 0.3) is 11.0 Å². The minimum absolute atomic E-state index is 0.240. The van der Waals surface area contributed by atoms with Crippen LogP contribution in [0.5, 0.6) is 5.75 Å². The van der Waals surface area contributed by atoms with Crippen molar-refractivity contribution in [3.63, 3.8) is 0 Å². The van der Waals surface area contributed by atoms with E-state index < -0.39 is 0 Å². The average molecular weight is 295 g/mol. The molecule has 4 nitrogen and oxygen atoms in total. The van der Waals surface area contributed by atoms with Gasteiger partial charge in [0.15, 0.2) is 0 Å². The third kappa shape index (κ3) is 2.27. The number of rotatable bonds is 4. The Morgan fingerprint density at radius 1 is 1.55 bits per heavy atom. The van der Waals surface area contributed by atoms with Crippen molar-refractivity contribution in [1.82, 2.24) is 9.55 Å². The molecule has 0 saturated carbocycles. The second kappa shape index (κ2) is 5.62. The van der Waals surface area contributed by atoms with E-state index in [1.54, 1.807) is 7.11 Å². The van der Waals surface area contributed by atoms with Crippen LogP contribution in [0.3, 0.4) is 0 Å². The quantitative estimate of drug-likeness (QED) is 0.810. The van der Waals surface area contributed by atoms with Crippen molar-refractivity contribution < 1.29 is 9.47 Å². The van der Waals surface area contributed by atoms with Crippen LogP contribution in [0, 0.1) is 0 Å². The van der Waals surface area contributed by atoms with Crippen LogP contribution in [-0.4, -0.2) is 29.4 Å². The number of nitrogens with zero attached hydrogens (tertiary/aromatic N) is 2. The molecule has 1 aliphatic rings. The summed E-state index contributed by atoms with van der Waals surface area (Å²) < 4.78 is 13.3. The van der Waals surface area contributed by atoms with E-state index in [1.807, 2.05) is 18.2 Å². The van der Waals surface area contributed by atoms with E-state index in [4.69, 9.17) is 21.1 Å². The van der Waals surface area contributed by atoms with Gasteiger partial charge in [0, 0.05) is 12.7 Å². The average Bonchev–Trinajstić information content (AvgIpc) is 3.12. The number of benzene rings is 1. The van der Waals surface area contributed by atoms with Crippen molar-refractivity contribution in [3.8, 4) is 5.75 Å². The zero-order valence-electron chi connectivity index (χ0n) is 11.8. The lowest BCUT2D eigenvalue weighted by atomic mass is 10.1. The normalized spacial score (nSPS) is 20.4. The first kappa shape index (κ1) is 13.7. The van der Waals surface area contributed by atoms with Gasteiger partial charge in [0.2, 0.25) is 0 Å². The second-order valence-corrected chi connectivity index (χ2v) is 5.45. The summed E-state index contributed by atoms with van der Waals surface area (Å²) in [4.78, 5) is 4.63. The van der Waals surface area contributed by atoms with Crippen LogP contribution in [0.4, 0.5) is 0 Å². The number of alkyl halides is 1. The van der Waals surface area contributed by atoms with Crippen LogP contribution >= 0.6 is 11.6 Å². The zero-order valence-corrected chi connectivity index (χ0v) is 12.6. The monoisotopic (exact) mass is 294 g/mol. The zero-order chi connectivity index (χ0) is 14.1. The minimum atomic E-state index is 0.240. The lowest BCUT2D eigenvalue weighted by Gasteiger charge is -2.22. The number of fused-ring (bicyclic) bond motifs is 1. The Morgan fingerprint density at radius 2 is 2.40 bits per heavy atom. The predicted molar refractivity (Wildman–Crippen MR) is 79.5 cm³/mol. The number of hydrogen-bond acceptors (Lipinski definition) is 3. The molecule has 0 spiro atoms. The van der Waals surface area contributed by atoms with Crippen LogP contribution in [0.15, 0.2) is 18.2 Å². The third-order valence-electron chi connectivity index (χ3n) is 4.00. The van der Waals surface area contributed by atoms with Gasteiger partial charge in [-0.3, -0.25) is 0 Å². The van der Waals surface area contributed by atoms with Gasteiger partial charge in [-0.15, -0.1) is 11.6 Å². The highest BCUT2D eigenvalue weighted by atomic mass is 35.5. The number of ether oxygens (including phenoxy) is 2. The molecule has 20 heavy (non-hydrogen) atoms. The van der Waals surface area contributed by atoms with Gasteiger partial charge >= 0.3 is 0 Å². The molecule has 1 aromatic carbocycles. The molecular weight excluding hydrogens is 276 g/mol. The molecule has 2 heterocycles. The number of halogens is 1. The largest absolute Gasteiger partial charge is 0.497 e. The first-order valence-electron chi connectivity index (χ1n) is 6.97. The number of methoxy groups -OCH3 is 1. The Labute approximate surface area is 123 Å². The number of hydrogen-bond donors (Lipinski definition) is 0. The Balaban J connectivity index is 2.07. The van der Waals surface area contributed by atoms with Crippen LogP contribution in [0.2, 0.25) is 0 Å². The molecule has 0 bridgehead atoms. The molecule has 2 aromatic rings. The third-order valence-corrected chi connectivity index (χ3v) is 4.24. The first-order chi connectivity index (χ1) is 9.74. The fraction of sp³-hybridized carbons (Fsp3) is 0.533. The summed E-state index contributed by atoms with van der Waals surface area (Å²) in [6, 6.07) is 6.19. The molecule has 0 radical (unpaired) electrons. The molecule has 108 valence electrons. The van der Waals surface area contributed by atoms with Crippen molar-refractivity contribution >= 4 is 22.6 Å². The number of imidazole rings is 1. The number of aromatic nitrogens is 2. The molecule has 1 fully saturated rings. The first-order valence-corrected chi connectivity index (χ1v) is 7.50. The van der Waals surface area contributed by atoms with E-state index in [0.29, 0.717) is 5.88 Å². The molecule has 0 aliphatic carbocycles. The van der Waals surface area contributed by atoms with E-state index in [-0.39, 0.29) is 12.1 Å². The van der Waals surface area contributed by atoms with Gasteiger partial charge in [-0.1, -0.05) is 0 Å². The molecule has 2 atom stereocenters. The van der Waals surface area contributed by atoms with Gasteiger partial charge in [-0.25, -0.2) is 4.98 Å². The fourth-order valence-electron chi connectivity index (χ4n) is 2.95. The lowest BCUT2D eigenvalue weighted by Crippen LogP contribution is -2.22. The van der Waals surface area contributed by atoms with Gasteiger partial charge in [-0.05, 0) is 31.9 Å². The SMILES string of the molecule is COc1ccc2c(c1)nc(CCl)n2C(C)C1CCCO1. The maximum absolute atomic E-state index is 6.07. The molecular formula is C15H19ClN2O2. The van der Waals surface area contributed by atoms with Crippen molar-refractivity contribution in [2.45, 2.75) is 37.8 Å². The fourth-order valence-corrected chi connectivity index (χ4v) is 3.14. The van der Waals surface area contributed by atoms with Crippen LogP contribution < -0.4 is 4.74 Å². The summed E-state index contributed by atoms with van der Waals surface area (Å²) in [7, 11) is 1.66. The van der Waals surface area contributed by atoms with Gasteiger partial charge in [0.1, 0.15) is 11.6 Å². The molecule has 0 amide bonds. The molecule has 1 aliphatic heterocycles. The molecule has 1 saturated heterocycles.